The predicted octanol–water partition coefficient (Wildman–Crippen LogP) is -1.65. The number of nitrogens with one attached hydrogen (secondary N) is 5. The molecule has 5 heterocycles. The van der Waals surface area contributed by atoms with Crippen molar-refractivity contribution in [3.63, 3.8) is 0 Å². The van der Waals surface area contributed by atoms with E-state index in [1.165, 1.54) is 50.8 Å². The van der Waals surface area contributed by atoms with Crippen LogP contribution in [0, 0.1) is 12.5 Å². The number of hydrogen-bond acceptors (Lipinski definition) is 22. The average molecular weight is 1330 g/mol. The molecule has 7 amide bonds. The number of phenols is 1. The maximum absolute atomic E-state index is 14.7. The fraction of sp³-hybridized carbons (Fsp3) is 0.587. The third-order valence-electron chi connectivity index (χ3n) is 18.5. The second-order valence-corrected chi connectivity index (χ2v) is 26.2. The molecule has 13 N–H and O–H groups in total. The molecule has 8 unspecified atom stereocenters. The molecule has 31 heteroatoms. The summed E-state index contributed by atoms with van der Waals surface area (Å²) >= 11 is -2.66. The van der Waals surface area contributed by atoms with Crippen LogP contribution < -0.4 is 41.3 Å². The first-order chi connectivity index (χ1) is 45.0. The van der Waals surface area contributed by atoms with Crippen molar-refractivity contribution in [1.82, 2.24) is 36.4 Å². The van der Waals surface area contributed by atoms with Gasteiger partial charge in [0.2, 0.25) is 53.1 Å². The molecule has 0 spiro atoms. The second kappa shape index (κ2) is 32.2. The molecule has 3 aromatic rings. The molecular weight excluding hydrogens is 1250 g/mol. The Morgan fingerprint density at radius 2 is 1.27 bits per heavy atom. The molecule has 3 aromatic carbocycles. The number of nitrogens with zero attached hydrogens (tertiary/aromatic N) is 6. The Hall–Kier alpha value is -7.61. The number of phenolic OH excluding ortho intramolecular Hbond substituents is 1. The number of anilines is 3. The van der Waals surface area contributed by atoms with Crippen LogP contribution in [0.5, 0.6) is 5.75 Å². The highest BCUT2D eigenvalue weighted by atomic mass is 32.2. The molecule has 0 bridgehead atoms. The number of β-amino-alcohol motifs (C(OH)–C–C–N with tert-alkyl or cyclic N) is 1. The average Bonchev–Trinajstić information content (AvgIpc) is 1.82. The quantitative estimate of drug-likeness (QED) is 0.0434. The first kappa shape index (κ1) is 70.7. The van der Waals surface area contributed by atoms with Crippen molar-refractivity contribution in [1.29, 1.82) is 0 Å². The summed E-state index contributed by atoms with van der Waals surface area (Å²) in [5.41, 5.74) is 3.20. The highest BCUT2D eigenvalue weighted by Gasteiger charge is 2.50. The normalized spacial score (nSPS) is 28.1. The molecule has 0 aromatic heterocycles. The number of aliphatic hydroxyl groups is 6. The molecule has 9 rings (SSSR count). The first-order valence-corrected chi connectivity index (χ1v) is 32.9. The van der Waals surface area contributed by atoms with Gasteiger partial charge in [0, 0.05) is 107 Å². The molecule has 1 aliphatic carbocycles. The molecule has 94 heavy (non-hydrogen) atoms. The van der Waals surface area contributed by atoms with Gasteiger partial charge in [-0.2, -0.15) is 0 Å². The van der Waals surface area contributed by atoms with Gasteiger partial charge in [-0.1, -0.05) is 41.6 Å². The van der Waals surface area contributed by atoms with Gasteiger partial charge < -0.3 is 96.4 Å². The van der Waals surface area contributed by atoms with Gasteiger partial charge in [-0.15, -0.1) is 0 Å². The van der Waals surface area contributed by atoms with Crippen molar-refractivity contribution in [2.75, 3.05) is 80.1 Å². The number of carbonyl (C=O) groups excluding carboxylic acids is 7. The Bertz CT molecular complexity index is 3220. The minimum absolute atomic E-state index is 0.00482. The number of carbonyl (C=O) groups is 7. The number of benzene rings is 3. The number of hydrogen-bond donors (Lipinski definition) is 13. The summed E-state index contributed by atoms with van der Waals surface area (Å²) in [6.45, 7) is 12.3. The maximum Gasteiger partial charge on any atom is 0.251 e. The Morgan fingerprint density at radius 1 is 0.691 bits per heavy atom. The van der Waals surface area contributed by atoms with Crippen molar-refractivity contribution in [2.24, 2.45) is 5.92 Å². The van der Waals surface area contributed by atoms with E-state index in [0.29, 0.717) is 25.3 Å². The van der Waals surface area contributed by atoms with Gasteiger partial charge in [0.05, 0.1) is 42.7 Å². The van der Waals surface area contributed by atoms with Crippen LogP contribution in [0.4, 0.5) is 17.1 Å². The van der Waals surface area contributed by atoms with Gasteiger partial charge in [0.15, 0.2) is 6.10 Å². The lowest BCUT2D eigenvalue weighted by molar-refractivity contribution is -0.435. The predicted molar refractivity (Wildman–Crippen MR) is 336 cm³/mol. The van der Waals surface area contributed by atoms with Crippen LogP contribution in [-0.2, 0) is 60.4 Å². The second-order valence-electron chi connectivity index (χ2n) is 25.1. The molecule has 6 fully saturated rings. The van der Waals surface area contributed by atoms with Gasteiger partial charge in [-0.3, -0.25) is 33.6 Å². The summed E-state index contributed by atoms with van der Waals surface area (Å²) in [4.78, 5) is 113. The number of piperazine rings is 1. The van der Waals surface area contributed by atoms with E-state index in [-0.39, 0.29) is 17.7 Å². The van der Waals surface area contributed by atoms with E-state index in [2.05, 4.69) is 79.8 Å². The van der Waals surface area contributed by atoms with Gasteiger partial charge in [0.1, 0.15) is 46.9 Å². The van der Waals surface area contributed by atoms with Crippen molar-refractivity contribution in [3.8, 4) is 5.75 Å². The summed E-state index contributed by atoms with van der Waals surface area (Å²) in [6.07, 6.45) is -3.55. The smallest absolute Gasteiger partial charge is 0.251 e. The van der Waals surface area contributed by atoms with E-state index in [1.807, 2.05) is 0 Å². The number of ether oxygens (including phenoxy) is 1. The number of aromatic hydroxyl groups is 1. The summed E-state index contributed by atoms with van der Waals surface area (Å²) in [5, 5.41) is 103. The summed E-state index contributed by atoms with van der Waals surface area (Å²) in [6, 6.07) is 7.01. The number of fused-ring (bicyclic) bond motifs is 2. The van der Waals surface area contributed by atoms with Crippen molar-refractivity contribution < 1.29 is 92.9 Å². The summed E-state index contributed by atoms with van der Waals surface area (Å²) in [5.74, 6) is -9.48. The third kappa shape index (κ3) is 17.3. The Labute approximate surface area is 545 Å². The van der Waals surface area contributed by atoms with Crippen molar-refractivity contribution in [3.05, 3.63) is 89.3 Å². The lowest BCUT2D eigenvalue weighted by Crippen LogP contribution is -2.64. The molecule has 5 aliphatic heterocycles. The van der Waals surface area contributed by atoms with E-state index in [0.717, 1.165) is 79.3 Å². The number of aliphatic hydroxyl groups excluding tert-OH is 6. The van der Waals surface area contributed by atoms with Crippen molar-refractivity contribution in [2.45, 2.75) is 168 Å². The van der Waals surface area contributed by atoms with Gasteiger partial charge >= 0.3 is 0 Å². The number of rotatable bonds is 16. The zero-order valence-electron chi connectivity index (χ0n) is 52.3. The van der Waals surface area contributed by atoms with Crippen LogP contribution in [-0.4, -0.2) is 247 Å². The van der Waals surface area contributed by atoms with E-state index in [1.54, 1.807) is 24.3 Å². The van der Waals surface area contributed by atoms with Gasteiger partial charge in [-0.25, -0.2) is 16.0 Å². The van der Waals surface area contributed by atoms with Gasteiger partial charge in [-0.05, 0) is 98.8 Å². The topological polar surface area (TPSA) is 407 Å². The zero-order valence-corrected chi connectivity index (χ0v) is 53.1. The molecule has 0 radical (unpaired) electrons. The van der Waals surface area contributed by atoms with Crippen molar-refractivity contribution >= 4 is 69.5 Å². The fourth-order valence-electron chi connectivity index (χ4n) is 13.2. The summed E-state index contributed by atoms with van der Waals surface area (Å²) in [7, 11) is 0. The van der Waals surface area contributed by atoms with Crippen LogP contribution in [0.1, 0.15) is 87.6 Å². The number of piperidine rings is 1. The monoisotopic (exact) mass is 1330 g/mol. The minimum atomic E-state index is -2.66. The molecule has 1 saturated carbocycles. The minimum Gasteiger partial charge on any atom is -0.507 e. The zero-order chi connectivity index (χ0) is 67.5. The SMILES string of the molecule is [C-]#[N+]C[C@@H](O)[C@@H]1NC(=O)C([C@H](O)Cc2ccc(O)c(S(=O)OOO)c2)NC(=O)C2CC(O)CN2C(=O)C(C(C)O)NC(=O)[C@@H](NC(=O)c2ccc(N3CCN(c4ccc(N5CCC(OC6CCCCC6)CC5)cc4)CC3)cc2)C[C@H](O)CNC(=O)C2[C@@H](O)C(C)CN2C1=O. The largest absolute Gasteiger partial charge is 0.507 e. The fourth-order valence-corrected chi connectivity index (χ4v) is 13.9. The molecule has 30 nitrogen and oxygen atoms in total. The third-order valence-corrected chi connectivity index (χ3v) is 19.4. The van der Waals surface area contributed by atoms with E-state index in [4.69, 9.17) is 16.6 Å². The highest BCUT2D eigenvalue weighted by Crippen LogP contribution is 2.31. The highest BCUT2D eigenvalue weighted by molar-refractivity contribution is 7.80. The first-order valence-electron chi connectivity index (χ1n) is 31.9. The molecular formula is C63H85N11O19S. The maximum atomic E-state index is 14.7. The lowest BCUT2D eigenvalue weighted by atomic mass is 9.97. The van der Waals surface area contributed by atoms with Crippen LogP contribution in [0.2, 0.25) is 0 Å². The Morgan fingerprint density at radius 3 is 1.87 bits per heavy atom. The Kier molecular flexibility index (Phi) is 24.2. The van der Waals surface area contributed by atoms with Crippen LogP contribution in [0.3, 0.4) is 0 Å². The van der Waals surface area contributed by atoms with E-state index >= 15 is 0 Å². The molecule has 512 valence electrons. The lowest BCUT2D eigenvalue weighted by Gasteiger charge is -2.38. The molecule has 5 saturated heterocycles. The Balaban J connectivity index is 0.919. The molecule has 6 aliphatic rings. The molecule has 14 atom stereocenters. The van der Waals surface area contributed by atoms with Crippen LogP contribution in [0.25, 0.3) is 4.85 Å². The standard InChI is InChI=1S/C63H85N11O19S/c1-35-33-74-55(56(35)81)61(86)65-31-42(76)29-46(66-57(82)38-10-12-39(13-11-38)71-23-25-72(26-24-71)41-16-14-40(15-17-41)70-21-19-45(20-22-70)91-44-7-5-4-6-8-44)58(83)67-52(36(2)75)62(87)73-34-43(77)30-47(73)59(84)68-53(60(85)69-54(63(74)88)50(80)32-64-3)49(79)27-37-9-18-48(78)51(28-37)94(90)93-92-89/h9-18,28,35-36,42-47,49-50,52-56,75-81,89H,4-8,19-27,29-34H2,1-2H3,(H,65,86)(H,66,82)(H,67,83)(H,68,84)(H,69,85)/t35?,36?,42-,43?,46-,47?,49+,50+,52?,53?,54-,55?,56-,94?/m0/s1. The van der Waals surface area contributed by atoms with Crippen LogP contribution in [0.15, 0.2) is 71.6 Å². The summed E-state index contributed by atoms with van der Waals surface area (Å²) < 4.78 is 23.2. The number of amides is 7. The van der Waals surface area contributed by atoms with E-state index < -0.39 is 181 Å². The van der Waals surface area contributed by atoms with Crippen LogP contribution >= 0.6 is 0 Å². The van der Waals surface area contributed by atoms with Gasteiger partial charge in [0.25, 0.3) is 5.91 Å². The van der Waals surface area contributed by atoms with E-state index in [9.17, 15) is 73.5 Å².